The first-order valence-corrected chi connectivity index (χ1v) is 7.08. The third-order valence-electron chi connectivity index (χ3n) is 3.53. The van der Waals surface area contributed by atoms with Crippen LogP contribution in [0.3, 0.4) is 0 Å². The lowest BCUT2D eigenvalue weighted by molar-refractivity contribution is 0.648. The van der Waals surface area contributed by atoms with Gasteiger partial charge in [0.1, 0.15) is 11.6 Å². The van der Waals surface area contributed by atoms with E-state index in [9.17, 15) is 0 Å². The molecule has 20 heavy (non-hydrogen) atoms. The van der Waals surface area contributed by atoms with Crippen LogP contribution in [0.1, 0.15) is 0 Å². The minimum atomic E-state index is 0.569. The maximum absolute atomic E-state index is 6.05. The fraction of sp³-hybridized carbons (Fsp3) is 0.267. The predicted octanol–water partition coefficient (Wildman–Crippen LogP) is 2.64. The van der Waals surface area contributed by atoms with Crippen LogP contribution in [0.15, 0.2) is 42.5 Å². The number of rotatable bonds is 2. The first-order valence-electron chi connectivity index (χ1n) is 6.70. The van der Waals surface area contributed by atoms with Crippen LogP contribution < -0.4 is 15.5 Å². The Morgan fingerprint density at radius 3 is 2.35 bits per heavy atom. The molecule has 2 heterocycles. The van der Waals surface area contributed by atoms with Crippen molar-refractivity contribution in [1.82, 2.24) is 4.98 Å². The second-order valence-electron chi connectivity index (χ2n) is 4.87. The fourth-order valence-corrected chi connectivity index (χ4v) is 2.67. The summed E-state index contributed by atoms with van der Waals surface area (Å²) in [5.41, 5.74) is 6.92. The molecule has 0 radical (unpaired) electrons. The Morgan fingerprint density at radius 1 is 0.950 bits per heavy atom. The lowest BCUT2D eigenvalue weighted by atomic mass is 10.2. The highest BCUT2D eigenvalue weighted by atomic mass is 35.5. The zero-order valence-corrected chi connectivity index (χ0v) is 11.9. The lowest BCUT2D eigenvalue weighted by Crippen LogP contribution is -2.46. The maximum atomic E-state index is 6.05. The number of hydrogen-bond acceptors (Lipinski definition) is 4. The molecular formula is C15H17ClN4. The molecular weight excluding hydrogens is 272 g/mol. The van der Waals surface area contributed by atoms with Gasteiger partial charge >= 0.3 is 0 Å². The highest BCUT2D eigenvalue weighted by Gasteiger charge is 2.18. The summed E-state index contributed by atoms with van der Waals surface area (Å²) in [5, 5.41) is 0.780. The molecule has 0 bridgehead atoms. The molecule has 1 saturated heterocycles. The summed E-state index contributed by atoms with van der Waals surface area (Å²) in [6.45, 7) is 3.78. The third kappa shape index (κ3) is 2.80. The molecule has 1 fully saturated rings. The van der Waals surface area contributed by atoms with E-state index in [0.29, 0.717) is 5.82 Å². The summed E-state index contributed by atoms with van der Waals surface area (Å²) in [6.07, 6.45) is 0. The number of nitrogens with two attached hydrogens (primary N) is 1. The highest BCUT2D eigenvalue weighted by molar-refractivity contribution is 6.30. The van der Waals surface area contributed by atoms with Crippen molar-refractivity contribution in [3.8, 4) is 0 Å². The molecule has 1 aromatic heterocycles. The van der Waals surface area contributed by atoms with E-state index in [1.807, 2.05) is 36.4 Å². The van der Waals surface area contributed by atoms with E-state index in [2.05, 4.69) is 20.9 Å². The standard InChI is InChI=1S/C15H17ClN4/c16-12-3-1-4-13(11-12)19-7-9-20(10-8-19)15-6-2-5-14(17)18-15/h1-6,11H,7-10H2,(H2,17,18). The van der Waals surface area contributed by atoms with Crippen LogP contribution in [0.25, 0.3) is 0 Å². The van der Waals surface area contributed by atoms with Gasteiger partial charge in [0.05, 0.1) is 0 Å². The summed E-state index contributed by atoms with van der Waals surface area (Å²) in [6, 6.07) is 13.8. The van der Waals surface area contributed by atoms with Gasteiger partial charge in [0.25, 0.3) is 0 Å². The predicted molar refractivity (Wildman–Crippen MR) is 84.5 cm³/mol. The van der Waals surface area contributed by atoms with Crippen LogP contribution in [-0.2, 0) is 0 Å². The van der Waals surface area contributed by atoms with Crippen molar-refractivity contribution in [2.45, 2.75) is 0 Å². The van der Waals surface area contributed by atoms with Gasteiger partial charge in [0, 0.05) is 36.9 Å². The summed E-state index contributed by atoms with van der Waals surface area (Å²) < 4.78 is 0. The van der Waals surface area contributed by atoms with E-state index >= 15 is 0 Å². The van der Waals surface area contributed by atoms with Crippen LogP contribution >= 0.6 is 11.6 Å². The first-order chi connectivity index (χ1) is 9.72. The SMILES string of the molecule is Nc1cccc(N2CCN(c3cccc(Cl)c3)CC2)n1. The molecule has 3 rings (SSSR count). The molecule has 0 aliphatic carbocycles. The lowest BCUT2D eigenvalue weighted by Gasteiger charge is -2.36. The van der Waals surface area contributed by atoms with Crippen LogP contribution in [0.5, 0.6) is 0 Å². The highest BCUT2D eigenvalue weighted by Crippen LogP contribution is 2.22. The topological polar surface area (TPSA) is 45.4 Å². The summed E-state index contributed by atoms with van der Waals surface area (Å²) >= 11 is 6.05. The van der Waals surface area contributed by atoms with Gasteiger partial charge in [-0.25, -0.2) is 4.98 Å². The van der Waals surface area contributed by atoms with Crippen molar-refractivity contribution < 1.29 is 0 Å². The van der Waals surface area contributed by atoms with Gasteiger partial charge in [-0.05, 0) is 30.3 Å². The van der Waals surface area contributed by atoms with Crippen molar-refractivity contribution >= 4 is 28.9 Å². The fourth-order valence-electron chi connectivity index (χ4n) is 2.48. The smallest absolute Gasteiger partial charge is 0.131 e. The Morgan fingerprint density at radius 2 is 1.65 bits per heavy atom. The minimum absolute atomic E-state index is 0.569. The maximum Gasteiger partial charge on any atom is 0.131 e. The van der Waals surface area contributed by atoms with Crippen LogP contribution in [0.2, 0.25) is 5.02 Å². The molecule has 1 aromatic carbocycles. The molecule has 0 unspecified atom stereocenters. The monoisotopic (exact) mass is 288 g/mol. The average molecular weight is 289 g/mol. The summed E-state index contributed by atoms with van der Waals surface area (Å²) in [4.78, 5) is 8.98. The Balaban J connectivity index is 1.68. The van der Waals surface area contributed by atoms with Crippen molar-refractivity contribution in [3.05, 3.63) is 47.5 Å². The Labute approximate surface area is 123 Å². The largest absolute Gasteiger partial charge is 0.384 e. The van der Waals surface area contributed by atoms with Crippen molar-refractivity contribution in [2.75, 3.05) is 41.7 Å². The quantitative estimate of drug-likeness (QED) is 0.923. The van der Waals surface area contributed by atoms with Crippen LogP contribution in [-0.4, -0.2) is 31.2 Å². The van der Waals surface area contributed by atoms with E-state index in [0.717, 1.165) is 37.0 Å². The van der Waals surface area contributed by atoms with Gasteiger partial charge in [-0.15, -0.1) is 0 Å². The molecule has 0 amide bonds. The van der Waals surface area contributed by atoms with Gasteiger partial charge in [0.2, 0.25) is 0 Å². The number of halogens is 1. The van der Waals surface area contributed by atoms with E-state index in [4.69, 9.17) is 17.3 Å². The Bertz CT molecular complexity index is 540. The molecule has 104 valence electrons. The zero-order valence-electron chi connectivity index (χ0n) is 11.2. The first kappa shape index (κ1) is 13.1. The molecule has 0 spiro atoms. The molecule has 4 nitrogen and oxygen atoms in total. The molecule has 2 aromatic rings. The van der Waals surface area contributed by atoms with Gasteiger partial charge in [-0.3, -0.25) is 0 Å². The second kappa shape index (κ2) is 5.59. The number of pyridine rings is 1. The van der Waals surface area contributed by atoms with E-state index in [1.54, 1.807) is 0 Å². The van der Waals surface area contributed by atoms with Crippen molar-refractivity contribution in [2.24, 2.45) is 0 Å². The Hall–Kier alpha value is -1.94. The average Bonchev–Trinajstić information content (AvgIpc) is 2.47. The van der Waals surface area contributed by atoms with Crippen molar-refractivity contribution in [3.63, 3.8) is 0 Å². The second-order valence-corrected chi connectivity index (χ2v) is 5.31. The van der Waals surface area contributed by atoms with Gasteiger partial charge in [-0.2, -0.15) is 0 Å². The molecule has 0 saturated carbocycles. The zero-order chi connectivity index (χ0) is 13.9. The number of piperazine rings is 1. The molecule has 1 aliphatic heterocycles. The van der Waals surface area contributed by atoms with E-state index < -0.39 is 0 Å². The molecule has 2 N–H and O–H groups in total. The van der Waals surface area contributed by atoms with Gasteiger partial charge < -0.3 is 15.5 Å². The molecule has 1 aliphatic rings. The van der Waals surface area contributed by atoms with E-state index in [-0.39, 0.29) is 0 Å². The summed E-state index contributed by atoms with van der Waals surface area (Å²) in [7, 11) is 0. The minimum Gasteiger partial charge on any atom is -0.384 e. The van der Waals surface area contributed by atoms with Gasteiger partial charge in [-0.1, -0.05) is 23.7 Å². The van der Waals surface area contributed by atoms with Crippen molar-refractivity contribution in [1.29, 1.82) is 0 Å². The van der Waals surface area contributed by atoms with Gasteiger partial charge in [0.15, 0.2) is 0 Å². The number of nitrogens with zero attached hydrogens (tertiary/aromatic N) is 3. The van der Waals surface area contributed by atoms with Crippen LogP contribution in [0.4, 0.5) is 17.3 Å². The summed E-state index contributed by atoms with van der Waals surface area (Å²) in [5.74, 6) is 1.52. The molecule has 0 atom stereocenters. The van der Waals surface area contributed by atoms with Crippen LogP contribution in [0, 0.1) is 0 Å². The normalized spacial score (nSPS) is 15.4. The number of aromatic nitrogens is 1. The van der Waals surface area contributed by atoms with E-state index in [1.165, 1.54) is 5.69 Å². The number of nitrogen functional groups attached to an aromatic ring is 1. The number of benzene rings is 1. The number of anilines is 3. The number of hydrogen-bond donors (Lipinski definition) is 1. The Kier molecular flexibility index (Phi) is 3.65. The third-order valence-corrected chi connectivity index (χ3v) is 3.77. The molecule has 5 heteroatoms.